The van der Waals surface area contributed by atoms with Gasteiger partial charge in [-0.25, -0.2) is 4.39 Å². The molecule has 1 unspecified atom stereocenters. The molecule has 1 amide bonds. The molecule has 0 radical (unpaired) electrons. The summed E-state index contributed by atoms with van der Waals surface area (Å²) in [6.07, 6.45) is 1.64. The largest absolute Gasteiger partial charge is 0.469 e. The SMILES string of the molecule is O=C(CSc1ccc(F)cc1)NCC(c1ccsc1)c1ccco1. The van der Waals surface area contributed by atoms with Crippen LogP contribution in [0.5, 0.6) is 0 Å². The lowest BCUT2D eigenvalue weighted by Gasteiger charge is -2.14. The Hall–Kier alpha value is -2.05. The lowest BCUT2D eigenvalue weighted by atomic mass is 9.99. The number of furan rings is 1. The predicted octanol–water partition coefficient (Wildman–Crippen LogP) is 4.52. The first-order chi connectivity index (χ1) is 11.7. The minimum atomic E-state index is -0.277. The number of carbonyl (C=O) groups is 1. The summed E-state index contributed by atoms with van der Waals surface area (Å²) in [5, 5.41) is 7.03. The molecule has 6 heteroatoms. The van der Waals surface area contributed by atoms with E-state index in [0.29, 0.717) is 12.3 Å². The number of rotatable bonds is 7. The van der Waals surface area contributed by atoms with Crippen molar-refractivity contribution in [3.8, 4) is 0 Å². The van der Waals surface area contributed by atoms with Crippen molar-refractivity contribution in [3.05, 3.63) is 76.6 Å². The first-order valence-electron chi connectivity index (χ1n) is 7.43. The van der Waals surface area contributed by atoms with Gasteiger partial charge < -0.3 is 9.73 Å². The van der Waals surface area contributed by atoms with Gasteiger partial charge in [-0.3, -0.25) is 4.79 Å². The van der Waals surface area contributed by atoms with Crippen molar-refractivity contribution < 1.29 is 13.6 Å². The van der Waals surface area contributed by atoms with Gasteiger partial charge in [0, 0.05) is 11.4 Å². The number of hydrogen-bond acceptors (Lipinski definition) is 4. The second-order valence-electron chi connectivity index (χ2n) is 5.17. The highest BCUT2D eigenvalue weighted by molar-refractivity contribution is 8.00. The Morgan fingerprint density at radius 2 is 2.08 bits per heavy atom. The van der Waals surface area contributed by atoms with Crippen LogP contribution < -0.4 is 5.32 Å². The number of hydrogen-bond donors (Lipinski definition) is 1. The van der Waals surface area contributed by atoms with E-state index in [1.165, 1.54) is 23.9 Å². The molecule has 124 valence electrons. The Labute approximate surface area is 147 Å². The molecular formula is C18H16FNO2S2. The summed E-state index contributed by atoms with van der Waals surface area (Å²) in [6.45, 7) is 0.479. The molecule has 3 rings (SSSR count). The van der Waals surface area contributed by atoms with Crippen molar-refractivity contribution in [2.24, 2.45) is 0 Å². The lowest BCUT2D eigenvalue weighted by Crippen LogP contribution is -2.30. The highest BCUT2D eigenvalue weighted by Gasteiger charge is 2.18. The van der Waals surface area contributed by atoms with E-state index >= 15 is 0 Å². The zero-order valence-electron chi connectivity index (χ0n) is 12.8. The standard InChI is InChI=1S/C18H16FNO2S2/c19-14-3-5-15(6-4-14)24-12-18(21)20-10-16(13-7-9-23-11-13)17-2-1-8-22-17/h1-9,11,16H,10,12H2,(H,20,21). The molecule has 0 saturated heterocycles. The first-order valence-corrected chi connectivity index (χ1v) is 9.36. The van der Waals surface area contributed by atoms with Crippen molar-refractivity contribution in [2.75, 3.05) is 12.3 Å². The summed E-state index contributed by atoms with van der Waals surface area (Å²) in [5.74, 6) is 0.794. The Morgan fingerprint density at radius 3 is 2.75 bits per heavy atom. The fourth-order valence-electron chi connectivity index (χ4n) is 2.29. The molecule has 2 aromatic heterocycles. The van der Waals surface area contributed by atoms with E-state index in [1.807, 2.05) is 23.6 Å². The minimum Gasteiger partial charge on any atom is -0.469 e. The van der Waals surface area contributed by atoms with Crippen molar-refractivity contribution >= 4 is 29.0 Å². The Morgan fingerprint density at radius 1 is 1.25 bits per heavy atom. The Balaban J connectivity index is 1.54. The molecule has 0 saturated carbocycles. The normalized spacial score (nSPS) is 12.0. The molecule has 0 fully saturated rings. The van der Waals surface area contributed by atoms with Crippen LogP contribution in [0.3, 0.4) is 0 Å². The molecule has 2 heterocycles. The fourth-order valence-corrected chi connectivity index (χ4v) is 3.73. The molecular weight excluding hydrogens is 345 g/mol. The lowest BCUT2D eigenvalue weighted by molar-refractivity contribution is -0.118. The van der Waals surface area contributed by atoms with Gasteiger partial charge in [0.15, 0.2) is 0 Å². The van der Waals surface area contributed by atoms with Crippen LogP contribution in [-0.2, 0) is 4.79 Å². The topological polar surface area (TPSA) is 42.2 Å². The second kappa shape index (κ2) is 8.17. The van der Waals surface area contributed by atoms with Crippen molar-refractivity contribution in [2.45, 2.75) is 10.8 Å². The third-order valence-corrected chi connectivity index (χ3v) is 5.23. The smallest absolute Gasteiger partial charge is 0.230 e. The molecule has 0 aliphatic rings. The van der Waals surface area contributed by atoms with Crippen molar-refractivity contribution in [3.63, 3.8) is 0 Å². The van der Waals surface area contributed by atoms with Gasteiger partial charge in [-0.15, -0.1) is 11.8 Å². The maximum atomic E-state index is 12.9. The first kappa shape index (κ1) is 16.8. The third-order valence-electron chi connectivity index (χ3n) is 3.52. The van der Waals surface area contributed by atoms with Gasteiger partial charge in [0.05, 0.1) is 17.9 Å². The second-order valence-corrected chi connectivity index (χ2v) is 7.00. The molecule has 1 N–H and O–H groups in total. The van der Waals surface area contributed by atoms with Gasteiger partial charge in [-0.05, 0) is 58.8 Å². The third kappa shape index (κ3) is 4.49. The van der Waals surface area contributed by atoms with Crippen molar-refractivity contribution in [1.29, 1.82) is 0 Å². The van der Waals surface area contributed by atoms with Gasteiger partial charge in [-0.2, -0.15) is 11.3 Å². The van der Waals surface area contributed by atoms with E-state index in [9.17, 15) is 9.18 Å². The number of carbonyl (C=O) groups excluding carboxylic acids is 1. The predicted molar refractivity (Wildman–Crippen MR) is 95.0 cm³/mol. The average molecular weight is 361 g/mol. The molecule has 3 aromatic rings. The monoisotopic (exact) mass is 361 g/mol. The van der Waals surface area contributed by atoms with E-state index in [-0.39, 0.29) is 17.6 Å². The van der Waals surface area contributed by atoms with Crippen LogP contribution in [0.1, 0.15) is 17.2 Å². The number of halogens is 1. The summed E-state index contributed by atoms with van der Waals surface area (Å²) in [5.41, 5.74) is 1.13. The average Bonchev–Trinajstić information content (AvgIpc) is 3.29. The minimum absolute atomic E-state index is 0.00558. The number of thiophene rings is 1. The Kier molecular flexibility index (Phi) is 5.72. The van der Waals surface area contributed by atoms with E-state index in [1.54, 1.807) is 29.7 Å². The highest BCUT2D eigenvalue weighted by Crippen LogP contribution is 2.26. The fraction of sp³-hybridized carbons (Fsp3) is 0.167. The summed E-state index contributed by atoms with van der Waals surface area (Å²) in [6, 6.07) is 11.9. The summed E-state index contributed by atoms with van der Waals surface area (Å²) < 4.78 is 18.4. The van der Waals surface area contributed by atoms with E-state index < -0.39 is 0 Å². The molecule has 1 atom stereocenters. The van der Waals surface area contributed by atoms with Gasteiger partial charge in [0.2, 0.25) is 5.91 Å². The zero-order valence-corrected chi connectivity index (χ0v) is 14.4. The Bertz CT molecular complexity index is 721. The zero-order chi connectivity index (χ0) is 16.8. The number of amides is 1. The van der Waals surface area contributed by atoms with Crippen LogP contribution in [0.2, 0.25) is 0 Å². The van der Waals surface area contributed by atoms with Crippen LogP contribution in [0.4, 0.5) is 4.39 Å². The summed E-state index contributed by atoms with van der Waals surface area (Å²) in [7, 11) is 0. The van der Waals surface area contributed by atoms with E-state index in [4.69, 9.17) is 4.42 Å². The van der Waals surface area contributed by atoms with Gasteiger partial charge in [-0.1, -0.05) is 0 Å². The van der Waals surface area contributed by atoms with Gasteiger partial charge in [0.25, 0.3) is 0 Å². The maximum Gasteiger partial charge on any atom is 0.230 e. The van der Waals surface area contributed by atoms with Crippen LogP contribution in [0.25, 0.3) is 0 Å². The van der Waals surface area contributed by atoms with Crippen LogP contribution in [-0.4, -0.2) is 18.2 Å². The molecule has 24 heavy (non-hydrogen) atoms. The van der Waals surface area contributed by atoms with Crippen LogP contribution in [0.15, 0.2) is 68.8 Å². The van der Waals surface area contributed by atoms with Gasteiger partial charge in [0.1, 0.15) is 11.6 Å². The summed E-state index contributed by atoms with van der Waals surface area (Å²) >= 11 is 3.00. The number of benzene rings is 1. The molecule has 1 aromatic carbocycles. The van der Waals surface area contributed by atoms with Crippen molar-refractivity contribution in [1.82, 2.24) is 5.32 Å². The quantitative estimate of drug-likeness (QED) is 0.629. The molecule has 3 nitrogen and oxygen atoms in total. The van der Waals surface area contributed by atoms with Gasteiger partial charge >= 0.3 is 0 Å². The highest BCUT2D eigenvalue weighted by atomic mass is 32.2. The summed E-state index contributed by atoms with van der Waals surface area (Å²) in [4.78, 5) is 13.0. The molecule has 0 spiro atoms. The van der Waals surface area contributed by atoms with Crippen LogP contribution in [0, 0.1) is 5.82 Å². The van der Waals surface area contributed by atoms with E-state index in [2.05, 4.69) is 10.7 Å². The van der Waals surface area contributed by atoms with E-state index in [0.717, 1.165) is 16.2 Å². The van der Waals surface area contributed by atoms with Crippen LogP contribution >= 0.6 is 23.1 Å². The maximum absolute atomic E-state index is 12.9. The molecule has 0 aliphatic heterocycles. The molecule has 0 aliphatic carbocycles. The number of nitrogens with one attached hydrogen (secondary N) is 1. The molecule has 0 bridgehead atoms. The number of thioether (sulfide) groups is 1.